The summed E-state index contributed by atoms with van der Waals surface area (Å²) in [4.78, 5) is 22.0. The fourth-order valence-corrected chi connectivity index (χ4v) is 1.43. The summed E-state index contributed by atoms with van der Waals surface area (Å²) in [6.45, 7) is 6.04. The van der Waals surface area contributed by atoms with E-state index in [2.05, 4.69) is 0 Å². The van der Waals surface area contributed by atoms with E-state index in [1.54, 1.807) is 10.8 Å². The molecule has 1 N–H and O–H groups in total. The van der Waals surface area contributed by atoms with Crippen molar-refractivity contribution >= 4 is 11.8 Å². The van der Waals surface area contributed by atoms with Crippen molar-refractivity contribution in [2.45, 2.75) is 27.3 Å². The van der Waals surface area contributed by atoms with Gasteiger partial charge in [0.1, 0.15) is 5.69 Å². The molecule has 1 heterocycles. The smallest absolute Gasteiger partial charge is 0.352 e. The van der Waals surface area contributed by atoms with Crippen LogP contribution in [-0.2, 0) is 6.54 Å². The fourth-order valence-electron chi connectivity index (χ4n) is 1.43. The number of rotatable bonds is 4. The molecule has 0 unspecified atom stereocenters. The number of Topliss-reactive ketones (excluding diaryl/α,β-unsaturated/α-hetero) is 1. The maximum Gasteiger partial charge on any atom is 0.352 e. The lowest BCUT2D eigenvalue weighted by Crippen LogP contribution is -2.10. The van der Waals surface area contributed by atoms with Crippen molar-refractivity contribution in [3.63, 3.8) is 0 Å². The van der Waals surface area contributed by atoms with Gasteiger partial charge in [-0.2, -0.15) is 0 Å². The zero-order valence-electron chi connectivity index (χ0n) is 9.15. The Kier molecular flexibility index (Phi) is 3.29. The largest absolute Gasteiger partial charge is 0.477 e. The summed E-state index contributed by atoms with van der Waals surface area (Å²) in [6, 6.07) is 1.42. The summed E-state index contributed by atoms with van der Waals surface area (Å²) in [5, 5.41) is 8.94. The maximum atomic E-state index is 11.1. The lowest BCUT2D eigenvalue weighted by Gasteiger charge is -2.08. The zero-order valence-corrected chi connectivity index (χ0v) is 9.15. The number of aromatic carboxylic acids is 1. The van der Waals surface area contributed by atoms with E-state index in [-0.39, 0.29) is 11.5 Å². The van der Waals surface area contributed by atoms with E-state index in [4.69, 9.17) is 5.11 Å². The van der Waals surface area contributed by atoms with Crippen LogP contribution in [0.5, 0.6) is 0 Å². The molecule has 0 bridgehead atoms. The highest BCUT2D eigenvalue weighted by molar-refractivity contribution is 5.97. The third-order valence-corrected chi connectivity index (χ3v) is 2.08. The van der Waals surface area contributed by atoms with Crippen LogP contribution in [-0.4, -0.2) is 21.4 Å². The van der Waals surface area contributed by atoms with Crippen LogP contribution in [0.4, 0.5) is 0 Å². The Labute approximate surface area is 88.5 Å². The molecule has 1 aromatic rings. The van der Waals surface area contributed by atoms with Gasteiger partial charge in [-0.3, -0.25) is 4.79 Å². The second-order valence-corrected chi connectivity index (χ2v) is 4.02. The lowest BCUT2D eigenvalue weighted by atomic mass is 10.2. The van der Waals surface area contributed by atoms with Gasteiger partial charge in [-0.1, -0.05) is 13.8 Å². The van der Waals surface area contributed by atoms with Crippen LogP contribution >= 0.6 is 0 Å². The molecule has 0 atom stereocenters. The molecule has 82 valence electrons. The van der Waals surface area contributed by atoms with Crippen molar-refractivity contribution in [1.29, 1.82) is 0 Å². The zero-order chi connectivity index (χ0) is 11.6. The van der Waals surface area contributed by atoms with Gasteiger partial charge >= 0.3 is 5.97 Å². The minimum Gasteiger partial charge on any atom is -0.477 e. The minimum absolute atomic E-state index is 0.111. The van der Waals surface area contributed by atoms with Crippen molar-refractivity contribution in [2.24, 2.45) is 5.92 Å². The summed E-state index contributed by atoms with van der Waals surface area (Å²) in [6.07, 6.45) is 1.60. The number of hydrogen-bond acceptors (Lipinski definition) is 2. The van der Waals surface area contributed by atoms with Crippen LogP contribution < -0.4 is 0 Å². The first-order valence-electron chi connectivity index (χ1n) is 4.86. The molecule has 0 aromatic carbocycles. The van der Waals surface area contributed by atoms with Gasteiger partial charge in [-0.05, 0) is 18.9 Å². The molecule has 0 radical (unpaired) electrons. The Morgan fingerprint density at radius 3 is 2.47 bits per heavy atom. The highest BCUT2D eigenvalue weighted by Gasteiger charge is 2.14. The number of ketones is 1. The summed E-state index contributed by atoms with van der Waals surface area (Å²) in [5.41, 5.74) is 0.627. The van der Waals surface area contributed by atoms with Crippen molar-refractivity contribution < 1.29 is 14.7 Å². The number of carboxylic acid groups (broad SMARTS) is 1. The second kappa shape index (κ2) is 4.29. The summed E-state index contributed by atoms with van der Waals surface area (Å²) < 4.78 is 1.61. The number of carboxylic acids is 1. The Hall–Kier alpha value is -1.58. The van der Waals surface area contributed by atoms with Gasteiger partial charge in [-0.15, -0.1) is 0 Å². The average Bonchev–Trinajstić information content (AvgIpc) is 2.46. The quantitative estimate of drug-likeness (QED) is 0.772. The van der Waals surface area contributed by atoms with E-state index in [1.807, 2.05) is 13.8 Å². The van der Waals surface area contributed by atoms with E-state index >= 15 is 0 Å². The predicted molar refractivity (Wildman–Crippen MR) is 56.2 cm³/mol. The van der Waals surface area contributed by atoms with Gasteiger partial charge in [0.25, 0.3) is 0 Å². The molecule has 15 heavy (non-hydrogen) atoms. The average molecular weight is 209 g/mol. The highest BCUT2D eigenvalue weighted by atomic mass is 16.4. The van der Waals surface area contributed by atoms with E-state index in [9.17, 15) is 9.59 Å². The van der Waals surface area contributed by atoms with Gasteiger partial charge in [-0.25, -0.2) is 4.79 Å². The number of aromatic nitrogens is 1. The fraction of sp³-hybridized carbons (Fsp3) is 0.455. The lowest BCUT2D eigenvalue weighted by molar-refractivity contribution is 0.0684. The molecular formula is C11H15NO3. The predicted octanol–water partition coefficient (Wildman–Crippen LogP) is 2.04. The SMILES string of the molecule is CC(=O)c1cc(C(=O)O)n(CC(C)C)c1. The molecule has 4 nitrogen and oxygen atoms in total. The van der Waals surface area contributed by atoms with Crippen LogP contribution in [0.3, 0.4) is 0 Å². The first-order chi connectivity index (χ1) is 6.91. The molecule has 0 saturated heterocycles. The monoisotopic (exact) mass is 209 g/mol. The maximum absolute atomic E-state index is 11.1. The molecule has 0 fully saturated rings. The van der Waals surface area contributed by atoms with Gasteiger partial charge < -0.3 is 9.67 Å². The van der Waals surface area contributed by atoms with E-state index in [0.717, 1.165) is 0 Å². The van der Waals surface area contributed by atoms with Crippen LogP contribution in [0.1, 0.15) is 41.6 Å². The Bertz CT molecular complexity index is 391. The Morgan fingerprint density at radius 2 is 2.07 bits per heavy atom. The van der Waals surface area contributed by atoms with E-state index in [0.29, 0.717) is 18.0 Å². The molecule has 0 amide bonds. The van der Waals surface area contributed by atoms with Crippen LogP contribution in [0.25, 0.3) is 0 Å². The minimum atomic E-state index is -0.997. The number of hydrogen-bond donors (Lipinski definition) is 1. The molecule has 1 rings (SSSR count). The Balaban J connectivity index is 3.11. The van der Waals surface area contributed by atoms with Crippen LogP contribution in [0.15, 0.2) is 12.3 Å². The standard InChI is InChI=1S/C11H15NO3/c1-7(2)5-12-6-9(8(3)13)4-10(12)11(14)15/h4,6-7H,5H2,1-3H3,(H,14,15). The van der Waals surface area contributed by atoms with Crippen molar-refractivity contribution in [3.05, 3.63) is 23.5 Å². The number of carbonyl (C=O) groups is 2. The molecule has 0 spiro atoms. The van der Waals surface area contributed by atoms with E-state index in [1.165, 1.54) is 13.0 Å². The van der Waals surface area contributed by atoms with Gasteiger partial charge in [0, 0.05) is 18.3 Å². The second-order valence-electron chi connectivity index (χ2n) is 4.02. The van der Waals surface area contributed by atoms with Crippen molar-refractivity contribution in [1.82, 2.24) is 4.57 Å². The molecule has 0 aliphatic rings. The number of nitrogens with zero attached hydrogens (tertiary/aromatic N) is 1. The van der Waals surface area contributed by atoms with Crippen LogP contribution in [0.2, 0.25) is 0 Å². The first-order valence-corrected chi connectivity index (χ1v) is 4.86. The highest BCUT2D eigenvalue weighted by Crippen LogP contribution is 2.12. The summed E-state index contributed by atoms with van der Waals surface area (Å²) in [5.74, 6) is -0.765. The van der Waals surface area contributed by atoms with E-state index < -0.39 is 5.97 Å². The van der Waals surface area contributed by atoms with Gasteiger partial charge in [0.2, 0.25) is 0 Å². The third kappa shape index (κ3) is 2.68. The molecule has 0 aliphatic heterocycles. The topological polar surface area (TPSA) is 59.3 Å². The van der Waals surface area contributed by atoms with Crippen LogP contribution in [0, 0.1) is 5.92 Å². The molecular weight excluding hydrogens is 194 g/mol. The van der Waals surface area contributed by atoms with Gasteiger partial charge in [0.15, 0.2) is 5.78 Å². The Morgan fingerprint density at radius 1 is 1.47 bits per heavy atom. The first kappa shape index (κ1) is 11.5. The summed E-state index contributed by atoms with van der Waals surface area (Å²) >= 11 is 0. The normalized spacial score (nSPS) is 10.7. The molecule has 4 heteroatoms. The van der Waals surface area contributed by atoms with Gasteiger partial charge in [0.05, 0.1) is 0 Å². The molecule has 0 aliphatic carbocycles. The molecule has 1 aromatic heterocycles. The number of carbonyl (C=O) groups excluding carboxylic acids is 1. The third-order valence-electron chi connectivity index (χ3n) is 2.08. The molecule has 0 saturated carbocycles. The summed E-state index contributed by atoms with van der Waals surface area (Å²) in [7, 11) is 0. The van der Waals surface area contributed by atoms with Crippen molar-refractivity contribution in [3.8, 4) is 0 Å². The van der Waals surface area contributed by atoms with Crippen molar-refractivity contribution in [2.75, 3.05) is 0 Å².